The number of hydrogen-bond acceptors (Lipinski definition) is 4. The zero-order valence-electron chi connectivity index (χ0n) is 10.4. The van der Waals surface area contributed by atoms with E-state index in [-0.39, 0.29) is 43.9 Å². The monoisotopic (exact) mass is 246 g/mol. The Morgan fingerprint density at radius 2 is 1.82 bits per heavy atom. The van der Waals surface area contributed by atoms with Crippen LogP contribution >= 0.6 is 0 Å². The van der Waals surface area contributed by atoms with Crippen molar-refractivity contribution in [2.24, 2.45) is 5.92 Å². The minimum absolute atomic E-state index is 0.0549. The quantitative estimate of drug-likeness (QED) is 0.442. The van der Waals surface area contributed by atoms with Gasteiger partial charge in [-0.25, -0.2) is 0 Å². The molecule has 6 nitrogen and oxygen atoms in total. The molecule has 0 aromatic carbocycles. The molecule has 100 valence electrons. The van der Waals surface area contributed by atoms with Crippen LogP contribution in [0.15, 0.2) is 0 Å². The Balaban J connectivity index is 3.74. The first-order valence-corrected chi connectivity index (χ1v) is 5.83. The van der Waals surface area contributed by atoms with Crippen LogP contribution in [0.4, 0.5) is 0 Å². The van der Waals surface area contributed by atoms with Gasteiger partial charge in [-0.2, -0.15) is 0 Å². The molecule has 0 heterocycles. The van der Waals surface area contributed by atoms with Gasteiger partial charge in [-0.1, -0.05) is 13.8 Å². The molecule has 0 aromatic heterocycles. The highest BCUT2D eigenvalue weighted by Gasteiger charge is 2.12. The molecule has 0 fully saturated rings. The summed E-state index contributed by atoms with van der Waals surface area (Å²) in [6.45, 7) is 3.40. The fourth-order valence-corrected chi connectivity index (χ4v) is 1.11. The van der Waals surface area contributed by atoms with Gasteiger partial charge in [-0.05, 0) is 6.42 Å². The van der Waals surface area contributed by atoms with E-state index < -0.39 is 6.04 Å². The maximum Gasteiger partial charge on any atom is 0.222 e. The zero-order valence-corrected chi connectivity index (χ0v) is 10.4. The SMILES string of the molecule is CCC(C)C(=O)NCCC(=O)NC(CO)CO. The molecule has 0 bridgehead atoms. The summed E-state index contributed by atoms with van der Waals surface area (Å²) in [5, 5.41) is 22.6. The molecule has 1 unspecified atom stereocenters. The van der Waals surface area contributed by atoms with E-state index >= 15 is 0 Å². The lowest BCUT2D eigenvalue weighted by Gasteiger charge is -2.14. The van der Waals surface area contributed by atoms with Crippen LogP contribution in [0, 0.1) is 5.92 Å². The van der Waals surface area contributed by atoms with E-state index in [9.17, 15) is 9.59 Å². The molecule has 17 heavy (non-hydrogen) atoms. The minimum atomic E-state index is -0.632. The summed E-state index contributed by atoms with van der Waals surface area (Å²) in [7, 11) is 0. The van der Waals surface area contributed by atoms with E-state index in [1.54, 1.807) is 0 Å². The Hall–Kier alpha value is -1.14. The van der Waals surface area contributed by atoms with Crippen molar-refractivity contribution < 1.29 is 19.8 Å². The Kier molecular flexibility index (Phi) is 8.35. The van der Waals surface area contributed by atoms with Crippen molar-refractivity contribution in [3.63, 3.8) is 0 Å². The second-order valence-electron chi connectivity index (χ2n) is 3.98. The molecule has 1 atom stereocenters. The van der Waals surface area contributed by atoms with Gasteiger partial charge in [0.1, 0.15) is 0 Å². The van der Waals surface area contributed by atoms with Gasteiger partial charge in [-0.3, -0.25) is 9.59 Å². The number of hydrogen-bond donors (Lipinski definition) is 4. The van der Waals surface area contributed by atoms with E-state index in [1.165, 1.54) is 0 Å². The Morgan fingerprint density at radius 3 is 2.29 bits per heavy atom. The highest BCUT2D eigenvalue weighted by atomic mass is 16.3. The van der Waals surface area contributed by atoms with E-state index in [0.29, 0.717) is 0 Å². The van der Waals surface area contributed by atoms with Gasteiger partial charge < -0.3 is 20.8 Å². The lowest BCUT2D eigenvalue weighted by Crippen LogP contribution is -2.41. The van der Waals surface area contributed by atoms with Crippen LogP contribution in [0.2, 0.25) is 0 Å². The first-order chi connectivity index (χ1) is 8.04. The van der Waals surface area contributed by atoms with Crippen molar-refractivity contribution in [3.05, 3.63) is 0 Å². The summed E-state index contributed by atoms with van der Waals surface area (Å²) in [6.07, 6.45) is 0.897. The molecule has 0 spiro atoms. The van der Waals surface area contributed by atoms with Crippen molar-refractivity contribution in [3.8, 4) is 0 Å². The zero-order chi connectivity index (χ0) is 13.3. The molecule has 0 aromatic rings. The highest BCUT2D eigenvalue weighted by molar-refractivity contribution is 5.80. The summed E-state index contributed by atoms with van der Waals surface area (Å²) in [6, 6.07) is -0.632. The van der Waals surface area contributed by atoms with Gasteiger partial charge in [0.05, 0.1) is 19.3 Å². The molecule has 0 saturated carbocycles. The Morgan fingerprint density at radius 1 is 1.24 bits per heavy atom. The lowest BCUT2D eigenvalue weighted by molar-refractivity contribution is -0.125. The number of aliphatic hydroxyl groups excluding tert-OH is 2. The Bertz CT molecular complexity index is 242. The third-order valence-corrected chi connectivity index (χ3v) is 2.52. The van der Waals surface area contributed by atoms with Crippen LogP contribution < -0.4 is 10.6 Å². The van der Waals surface area contributed by atoms with Crippen molar-refractivity contribution in [2.45, 2.75) is 32.7 Å². The predicted octanol–water partition coefficient (Wildman–Crippen LogP) is -0.992. The van der Waals surface area contributed by atoms with Crippen molar-refractivity contribution >= 4 is 11.8 Å². The fraction of sp³-hybridized carbons (Fsp3) is 0.818. The van der Waals surface area contributed by atoms with Crippen LogP contribution in [-0.2, 0) is 9.59 Å². The van der Waals surface area contributed by atoms with E-state index in [2.05, 4.69) is 10.6 Å². The van der Waals surface area contributed by atoms with Crippen LogP contribution in [-0.4, -0.2) is 47.8 Å². The average molecular weight is 246 g/mol. The standard InChI is InChI=1S/C11H22N2O4/c1-3-8(2)11(17)12-5-4-10(16)13-9(6-14)7-15/h8-9,14-15H,3-7H2,1-2H3,(H,12,17)(H,13,16). The number of carbonyl (C=O) groups excluding carboxylic acids is 2. The third kappa shape index (κ3) is 6.91. The van der Waals surface area contributed by atoms with Crippen molar-refractivity contribution in [2.75, 3.05) is 19.8 Å². The smallest absolute Gasteiger partial charge is 0.222 e. The number of aliphatic hydroxyl groups is 2. The summed E-state index contributed by atoms with van der Waals surface area (Å²) < 4.78 is 0. The summed E-state index contributed by atoms with van der Waals surface area (Å²) in [5.74, 6) is -0.426. The molecule has 0 aliphatic heterocycles. The van der Waals surface area contributed by atoms with Gasteiger partial charge in [0, 0.05) is 18.9 Å². The predicted molar refractivity (Wildman–Crippen MR) is 63.2 cm³/mol. The van der Waals surface area contributed by atoms with Crippen LogP contribution in [0.25, 0.3) is 0 Å². The second kappa shape index (κ2) is 8.95. The first kappa shape index (κ1) is 15.9. The fourth-order valence-electron chi connectivity index (χ4n) is 1.11. The van der Waals surface area contributed by atoms with Crippen molar-refractivity contribution in [1.82, 2.24) is 10.6 Å². The number of rotatable bonds is 8. The van der Waals surface area contributed by atoms with Gasteiger partial charge in [-0.15, -0.1) is 0 Å². The number of carbonyl (C=O) groups is 2. The molecule has 2 amide bonds. The summed E-state index contributed by atoms with van der Waals surface area (Å²) in [5.41, 5.74) is 0. The molecule has 0 rings (SSSR count). The second-order valence-corrected chi connectivity index (χ2v) is 3.98. The summed E-state index contributed by atoms with van der Waals surface area (Å²) >= 11 is 0. The molecular weight excluding hydrogens is 224 g/mol. The normalized spacial score (nSPS) is 12.3. The largest absolute Gasteiger partial charge is 0.394 e. The number of amides is 2. The lowest BCUT2D eigenvalue weighted by atomic mass is 10.1. The first-order valence-electron chi connectivity index (χ1n) is 5.83. The van der Waals surface area contributed by atoms with Crippen LogP contribution in [0.1, 0.15) is 26.7 Å². The van der Waals surface area contributed by atoms with Gasteiger partial charge in [0.2, 0.25) is 11.8 Å². The van der Waals surface area contributed by atoms with Crippen LogP contribution in [0.5, 0.6) is 0 Å². The molecule has 0 saturated heterocycles. The highest BCUT2D eigenvalue weighted by Crippen LogP contribution is 1.99. The van der Waals surface area contributed by atoms with Gasteiger partial charge in [0.15, 0.2) is 0 Å². The van der Waals surface area contributed by atoms with Crippen molar-refractivity contribution in [1.29, 1.82) is 0 Å². The third-order valence-electron chi connectivity index (χ3n) is 2.52. The minimum Gasteiger partial charge on any atom is -0.394 e. The number of nitrogens with one attached hydrogen (secondary N) is 2. The maximum absolute atomic E-state index is 11.4. The molecule has 0 aliphatic rings. The van der Waals surface area contributed by atoms with Gasteiger partial charge in [0.25, 0.3) is 0 Å². The summed E-state index contributed by atoms with van der Waals surface area (Å²) in [4.78, 5) is 22.7. The van der Waals surface area contributed by atoms with E-state index in [1.807, 2.05) is 13.8 Å². The van der Waals surface area contributed by atoms with Crippen LogP contribution in [0.3, 0.4) is 0 Å². The maximum atomic E-state index is 11.4. The molecule has 0 aliphatic carbocycles. The Labute approximate surface area is 101 Å². The van der Waals surface area contributed by atoms with E-state index in [4.69, 9.17) is 10.2 Å². The molecule has 6 heteroatoms. The molecule has 0 radical (unpaired) electrons. The topological polar surface area (TPSA) is 98.7 Å². The molecular formula is C11H22N2O4. The molecule has 4 N–H and O–H groups in total. The average Bonchev–Trinajstić information content (AvgIpc) is 2.34. The van der Waals surface area contributed by atoms with E-state index in [0.717, 1.165) is 6.42 Å². The van der Waals surface area contributed by atoms with Gasteiger partial charge >= 0.3 is 0 Å².